The van der Waals surface area contributed by atoms with E-state index in [4.69, 9.17) is 10.2 Å². The molecule has 4 aliphatic rings. The Labute approximate surface area is 153 Å². The minimum absolute atomic E-state index is 0.146. The first-order valence-electron chi connectivity index (χ1n) is 9.68. The Morgan fingerprint density at radius 1 is 1.08 bits per heavy atom. The summed E-state index contributed by atoms with van der Waals surface area (Å²) in [6.45, 7) is 0. The average Bonchev–Trinajstić information content (AvgIpc) is 3.05. The second-order valence-electron chi connectivity index (χ2n) is 8.58. The third kappa shape index (κ3) is 2.59. The van der Waals surface area contributed by atoms with Crippen LogP contribution < -0.4 is 0 Å². The largest absolute Gasteiger partial charge is 0.478 e. The lowest BCUT2D eigenvalue weighted by Crippen LogP contribution is -2.49. The number of nitrogens with zero attached hydrogens (tertiary/aromatic N) is 2. The molecule has 2 aromatic rings. The van der Waals surface area contributed by atoms with Crippen LogP contribution >= 0.6 is 0 Å². The maximum absolute atomic E-state index is 11.1. The Morgan fingerprint density at radius 3 is 2.27 bits per heavy atom. The van der Waals surface area contributed by atoms with E-state index in [1.807, 2.05) is 41.2 Å². The molecule has 1 aromatic heterocycles. The molecule has 0 saturated heterocycles. The van der Waals surface area contributed by atoms with Crippen LogP contribution in [-0.2, 0) is 10.2 Å². The van der Waals surface area contributed by atoms with Crippen LogP contribution in [0.4, 0.5) is 0 Å². The predicted octanol–water partition coefficient (Wildman–Crippen LogP) is 4.44. The number of carbonyl (C=O) groups is 1. The van der Waals surface area contributed by atoms with Crippen molar-refractivity contribution in [3.63, 3.8) is 0 Å². The third-order valence-electron chi connectivity index (χ3n) is 6.71. The zero-order valence-electron chi connectivity index (χ0n) is 14.8. The third-order valence-corrected chi connectivity index (χ3v) is 6.71. The van der Waals surface area contributed by atoms with Gasteiger partial charge in [0.2, 0.25) is 0 Å². The van der Waals surface area contributed by atoms with E-state index in [1.165, 1.54) is 44.6 Å². The van der Waals surface area contributed by atoms with Gasteiger partial charge in [-0.25, -0.2) is 9.48 Å². The van der Waals surface area contributed by atoms with Gasteiger partial charge in [-0.15, -0.1) is 0 Å². The van der Waals surface area contributed by atoms with Crippen molar-refractivity contribution in [3.8, 4) is 5.69 Å². The number of hydrogen-bond acceptors (Lipinski definition) is 2. The van der Waals surface area contributed by atoms with E-state index in [9.17, 15) is 4.79 Å². The molecular formula is C22H24N2O2. The molecule has 1 N–H and O–H groups in total. The van der Waals surface area contributed by atoms with Crippen LogP contribution in [-0.4, -0.2) is 20.9 Å². The van der Waals surface area contributed by atoms with Crippen LogP contribution in [0, 0.1) is 17.8 Å². The monoisotopic (exact) mass is 348 g/mol. The van der Waals surface area contributed by atoms with E-state index < -0.39 is 5.97 Å². The molecule has 4 aliphatic carbocycles. The minimum atomic E-state index is -0.908. The fraction of sp³-hybridized carbons (Fsp3) is 0.455. The van der Waals surface area contributed by atoms with Gasteiger partial charge in [-0.1, -0.05) is 18.2 Å². The highest BCUT2D eigenvalue weighted by molar-refractivity contribution is 5.85. The van der Waals surface area contributed by atoms with E-state index >= 15 is 0 Å². The zero-order valence-corrected chi connectivity index (χ0v) is 14.8. The molecule has 0 aliphatic heterocycles. The number of para-hydroxylation sites is 1. The highest BCUT2D eigenvalue weighted by Gasteiger charge is 2.53. The summed E-state index contributed by atoms with van der Waals surface area (Å²) in [6.07, 6.45) is 12.8. The van der Waals surface area contributed by atoms with Gasteiger partial charge in [0.1, 0.15) is 0 Å². The molecule has 0 spiro atoms. The summed E-state index contributed by atoms with van der Waals surface area (Å²) in [5.74, 6) is 1.59. The predicted molar refractivity (Wildman–Crippen MR) is 100 cm³/mol. The Balaban J connectivity index is 1.61. The van der Waals surface area contributed by atoms with Gasteiger partial charge in [0, 0.05) is 23.3 Å². The van der Waals surface area contributed by atoms with Crippen molar-refractivity contribution in [1.82, 2.24) is 9.78 Å². The molecule has 6 rings (SSSR count). The first-order valence-corrected chi connectivity index (χ1v) is 9.68. The normalized spacial score (nSPS) is 32.4. The Bertz CT molecular complexity index is 830. The van der Waals surface area contributed by atoms with Crippen molar-refractivity contribution >= 4 is 12.0 Å². The molecule has 4 bridgehead atoms. The number of rotatable bonds is 4. The first-order chi connectivity index (χ1) is 12.6. The van der Waals surface area contributed by atoms with E-state index in [1.54, 1.807) is 6.08 Å². The maximum Gasteiger partial charge on any atom is 0.328 e. The summed E-state index contributed by atoms with van der Waals surface area (Å²) in [7, 11) is 0. The Morgan fingerprint density at radius 2 is 1.69 bits per heavy atom. The molecule has 0 amide bonds. The van der Waals surface area contributed by atoms with Crippen LogP contribution in [0.3, 0.4) is 0 Å². The van der Waals surface area contributed by atoms with E-state index in [0.29, 0.717) is 0 Å². The lowest BCUT2D eigenvalue weighted by molar-refractivity contribution is -0.131. The van der Waals surface area contributed by atoms with Crippen molar-refractivity contribution in [2.24, 2.45) is 17.8 Å². The lowest BCUT2D eigenvalue weighted by atomic mass is 9.48. The van der Waals surface area contributed by atoms with Gasteiger partial charge in [-0.05, 0) is 74.5 Å². The Kier molecular flexibility index (Phi) is 3.56. The quantitative estimate of drug-likeness (QED) is 0.831. The molecular weight excluding hydrogens is 324 g/mol. The SMILES string of the molecule is O=C(O)C=Cc1cn(-c2ccccc2)nc1C12CC3CC(CC(C3)C1)C2. The number of benzene rings is 1. The van der Waals surface area contributed by atoms with Crippen LogP contribution in [0.1, 0.15) is 49.8 Å². The Hall–Kier alpha value is -2.36. The summed E-state index contributed by atoms with van der Waals surface area (Å²) < 4.78 is 1.93. The van der Waals surface area contributed by atoms with Crippen LogP contribution in [0.15, 0.2) is 42.6 Å². The highest BCUT2D eigenvalue weighted by Crippen LogP contribution is 2.60. The second kappa shape index (κ2) is 5.83. The van der Waals surface area contributed by atoms with Gasteiger partial charge in [0.15, 0.2) is 0 Å². The number of carboxylic acids is 1. The maximum atomic E-state index is 11.1. The molecule has 4 nitrogen and oxygen atoms in total. The standard InChI is InChI=1S/C22H24N2O2/c25-20(26)7-6-18-14-24(19-4-2-1-3-5-19)23-21(18)22-11-15-8-16(12-22)10-17(9-15)13-22/h1-7,14-17H,8-13H2,(H,25,26). The molecule has 1 aromatic carbocycles. The topological polar surface area (TPSA) is 55.1 Å². The molecule has 4 fully saturated rings. The molecule has 4 heteroatoms. The summed E-state index contributed by atoms with van der Waals surface area (Å²) in [6, 6.07) is 10.1. The van der Waals surface area contributed by atoms with Gasteiger partial charge < -0.3 is 5.11 Å². The van der Waals surface area contributed by atoms with E-state index in [-0.39, 0.29) is 5.41 Å². The van der Waals surface area contributed by atoms with Crippen molar-refractivity contribution in [3.05, 3.63) is 53.9 Å². The van der Waals surface area contributed by atoms with Gasteiger partial charge >= 0.3 is 5.97 Å². The van der Waals surface area contributed by atoms with Gasteiger partial charge in [-0.2, -0.15) is 5.10 Å². The van der Waals surface area contributed by atoms with Gasteiger partial charge in [-0.3, -0.25) is 0 Å². The second-order valence-corrected chi connectivity index (χ2v) is 8.58. The summed E-state index contributed by atoms with van der Waals surface area (Å²) in [5, 5.41) is 14.1. The number of aromatic nitrogens is 2. The molecule has 0 radical (unpaired) electrons. The van der Waals surface area contributed by atoms with Crippen LogP contribution in [0.25, 0.3) is 11.8 Å². The van der Waals surface area contributed by atoms with E-state index in [0.717, 1.165) is 34.7 Å². The number of carboxylic acid groups (broad SMARTS) is 1. The first kappa shape index (κ1) is 15.9. The summed E-state index contributed by atoms with van der Waals surface area (Å²) in [4.78, 5) is 11.1. The average molecular weight is 348 g/mol. The molecule has 0 atom stereocenters. The minimum Gasteiger partial charge on any atom is -0.478 e. The highest BCUT2D eigenvalue weighted by atomic mass is 16.4. The van der Waals surface area contributed by atoms with Crippen molar-refractivity contribution < 1.29 is 9.90 Å². The molecule has 26 heavy (non-hydrogen) atoms. The molecule has 1 heterocycles. The van der Waals surface area contributed by atoms with Crippen molar-refractivity contribution in [1.29, 1.82) is 0 Å². The molecule has 4 saturated carbocycles. The van der Waals surface area contributed by atoms with Crippen molar-refractivity contribution in [2.75, 3.05) is 0 Å². The van der Waals surface area contributed by atoms with Crippen molar-refractivity contribution in [2.45, 2.75) is 43.9 Å². The number of hydrogen-bond donors (Lipinski definition) is 1. The molecule has 134 valence electrons. The lowest BCUT2D eigenvalue weighted by Gasteiger charge is -2.56. The van der Waals surface area contributed by atoms with Crippen LogP contribution in [0.2, 0.25) is 0 Å². The number of aliphatic carboxylic acids is 1. The summed E-state index contributed by atoms with van der Waals surface area (Å²) >= 11 is 0. The molecule has 0 unspecified atom stereocenters. The summed E-state index contributed by atoms with van der Waals surface area (Å²) in [5.41, 5.74) is 3.26. The fourth-order valence-corrected chi connectivity index (χ4v) is 6.20. The zero-order chi connectivity index (χ0) is 17.7. The smallest absolute Gasteiger partial charge is 0.328 e. The van der Waals surface area contributed by atoms with E-state index in [2.05, 4.69) is 0 Å². The van der Waals surface area contributed by atoms with Gasteiger partial charge in [0.25, 0.3) is 0 Å². The van der Waals surface area contributed by atoms with Crippen LogP contribution in [0.5, 0.6) is 0 Å². The van der Waals surface area contributed by atoms with Gasteiger partial charge in [0.05, 0.1) is 11.4 Å². The fourth-order valence-electron chi connectivity index (χ4n) is 6.20.